The Balaban J connectivity index is 2.12. The van der Waals surface area contributed by atoms with E-state index in [9.17, 15) is 0 Å². The molecule has 0 fully saturated rings. The van der Waals surface area contributed by atoms with Crippen LogP contribution in [-0.4, -0.2) is 0 Å². The van der Waals surface area contributed by atoms with Gasteiger partial charge in [0.05, 0.1) is 0 Å². The minimum atomic E-state index is 0.214. The zero-order valence-electron chi connectivity index (χ0n) is 15.6. The third-order valence-corrected chi connectivity index (χ3v) is 4.91. The van der Waals surface area contributed by atoms with Crippen LogP contribution in [0.1, 0.15) is 52.6 Å². The van der Waals surface area contributed by atoms with Crippen LogP contribution in [0, 0.1) is 5.92 Å². The molecular formula is C22H30N2. The van der Waals surface area contributed by atoms with E-state index in [4.69, 9.17) is 5.73 Å². The van der Waals surface area contributed by atoms with Crippen LogP contribution in [0.25, 0.3) is 0 Å². The third kappa shape index (κ3) is 4.19. The summed E-state index contributed by atoms with van der Waals surface area (Å²) >= 11 is 0. The van der Waals surface area contributed by atoms with Crippen LogP contribution in [0.2, 0.25) is 0 Å². The number of benzene rings is 1. The molecule has 24 heavy (non-hydrogen) atoms. The van der Waals surface area contributed by atoms with E-state index in [1.165, 1.54) is 27.9 Å². The molecule has 2 atom stereocenters. The highest BCUT2D eigenvalue weighted by atomic mass is 14.9. The van der Waals surface area contributed by atoms with Crippen molar-refractivity contribution in [1.29, 1.82) is 0 Å². The number of anilines is 1. The lowest BCUT2D eigenvalue weighted by atomic mass is 9.85. The normalized spacial score (nSPS) is 18.3. The molecule has 0 spiro atoms. The molecule has 1 aromatic carbocycles. The van der Waals surface area contributed by atoms with Crippen molar-refractivity contribution in [3.8, 4) is 0 Å². The standard InChI is InChI=1S/C22H30N2/c1-14(2)16(4)22-13-20(8-7-15(22)3)18(6)24-17(5)19-9-11-21(23)12-10-19/h7,9-13,17,20,24H,6,8,23H2,1-5H3/t17-,20?/m0/s1. The predicted molar refractivity (Wildman–Crippen MR) is 106 cm³/mol. The quantitative estimate of drug-likeness (QED) is 0.684. The topological polar surface area (TPSA) is 38.0 Å². The second-order valence-corrected chi connectivity index (χ2v) is 6.99. The summed E-state index contributed by atoms with van der Waals surface area (Å²) in [6.07, 6.45) is 5.70. The van der Waals surface area contributed by atoms with Gasteiger partial charge in [0.2, 0.25) is 0 Å². The largest absolute Gasteiger partial charge is 0.399 e. The molecule has 0 heterocycles. The Hall–Kier alpha value is -2.22. The first kappa shape index (κ1) is 18.1. The van der Waals surface area contributed by atoms with Crippen LogP contribution in [0.15, 0.2) is 71.0 Å². The highest BCUT2D eigenvalue weighted by Gasteiger charge is 2.18. The van der Waals surface area contributed by atoms with Crippen LogP contribution in [0.4, 0.5) is 5.69 Å². The van der Waals surface area contributed by atoms with E-state index in [-0.39, 0.29) is 6.04 Å². The fourth-order valence-corrected chi connectivity index (χ4v) is 3.00. The van der Waals surface area contributed by atoms with Crippen molar-refractivity contribution >= 4 is 5.69 Å². The van der Waals surface area contributed by atoms with Gasteiger partial charge in [-0.25, -0.2) is 0 Å². The minimum absolute atomic E-state index is 0.214. The molecule has 0 amide bonds. The summed E-state index contributed by atoms with van der Waals surface area (Å²) in [5, 5.41) is 3.56. The number of rotatable bonds is 5. The van der Waals surface area contributed by atoms with E-state index in [0.29, 0.717) is 5.92 Å². The Labute approximate surface area is 146 Å². The van der Waals surface area contributed by atoms with Gasteiger partial charge in [-0.1, -0.05) is 36.4 Å². The van der Waals surface area contributed by atoms with Crippen molar-refractivity contribution in [3.63, 3.8) is 0 Å². The number of nitrogen functional groups attached to an aromatic ring is 1. The Bertz CT molecular complexity index is 698. The summed E-state index contributed by atoms with van der Waals surface area (Å²) in [5.74, 6) is 0.328. The van der Waals surface area contributed by atoms with Gasteiger partial charge < -0.3 is 11.1 Å². The summed E-state index contributed by atoms with van der Waals surface area (Å²) in [4.78, 5) is 0. The highest BCUT2D eigenvalue weighted by Crippen LogP contribution is 2.32. The van der Waals surface area contributed by atoms with E-state index in [0.717, 1.165) is 17.8 Å². The van der Waals surface area contributed by atoms with Crippen molar-refractivity contribution in [2.45, 2.75) is 47.1 Å². The van der Waals surface area contributed by atoms with E-state index in [1.807, 2.05) is 12.1 Å². The highest BCUT2D eigenvalue weighted by molar-refractivity contribution is 5.49. The van der Waals surface area contributed by atoms with E-state index in [2.05, 4.69) is 70.8 Å². The zero-order valence-corrected chi connectivity index (χ0v) is 15.6. The lowest BCUT2D eigenvalue weighted by molar-refractivity contribution is 0.582. The summed E-state index contributed by atoms with van der Waals surface area (Å²) < 4.78 is 0. The molecule has 0 aliphatic heterocycles. The second kappa shape index (κ2) is 7.57. The van der Waals surface area contributed by atoms with Gasteiger partial charge in [0.1, 0.15) is 0 Å². The molecule has 0 saturated heterocycles. The van der Waals surface area contributed by atoms with Gasteiger partial charge in [-0.3, -0.25) is 0 Å². The monoisotopic (exact) mass is 322 g/mol. The summed E-state index contributed by atoms with van der Waals surface area (Å²) in [6.45, 7) is 15.2. The molecule has 2 nitrogen and oxygen atoms in total. The van der Waals surface area contributed by atoms with Crippen LogP contribution < -0.4 is 11.1 Å². The maximum absolute atomic E-state index is 5.77. The molecule has 0 bridgehead atoms. The van der Waals surface area contributed by atoms with Gasteiger partial charge in [-0.2, -0.15) is 0 Å². The van der Waals surface area contributed by atoms with E-state index < -0.39 is 0 Å². The molecule has 0 saturated carbocycles. The molecule has 1 aliphatic carbocycles. The number of hydrogen-bond acceptors (Lipinski definition) is 2. The first-order valence-corrected chi connectivity index (χ1v) is 8.63. The summed E-state index contributed by atoms with van der Waals surface area (Å²) in [6, 6.07) is 8.24. The van der Waals surface area contributed by atoms with E-state index in [1.54, 1.807) is 0 Å². The summed E-state index contributed by atoms with van der Waals surface area (Å²) in [7, 11) is 0. The van der Waals surface area contributed by atoms with Crippen molar-refractivity contribution in [1.82, 2.24) is 5.32 Å². The van der Waals surface area contributed by atoms with Gasteiger partial charge in [0, 0.05) is 23.3 Å². The number of nitrogens with two attached hydrogens (primary N) is 1. The molecule has 1 unspecified atom stereocenters. The predicted octanol–water partition coefficient (Wildman–Crippen LogP) is 5.68. The van der Waals surface area contributed by atoms with Gasteiger partial charge in [0.25, 0.3) is 0 Å². The molecule has 128 valence electrons. The molecule has 0 radical (unpaired) electrons. The van der Waals surface area contributed by atoms with Gasteiger partial charge in [-0.05, 0) is 75.5 Å². The number of hydrogen-bond donors (Lipinski definition) is 2. The molecule has 2 rings (SSSR count). The maximum atomic E-state index is 5.77. The van der Waals surface area contributed by atoms with Crippen molar-refractivity contribution in [2.24, 2.45) is 5.92 Å². The zero-order chi connectivity index (χ0) is 17.9. The van der Waals surface area contributed by atoms with Crippen molar-refractivity contribution in [3.05, 3.63) is 76.5 Å². The van der Waals surface area contributed by atoms with Crippen molar-refractivity contribution in [2.75, 3.05) is 5.73 Å². The molecule has 1 aromatic rings. The molecular weight excluding hydrogens is 292 g/mol. The van der Waals surface area contributed by atoms with Gasteiger partial charge in [-0.15, -0.1) is 0 Å². The Morgan fingerprint density at radius 3 is 2.42 bits per heavy atom. The van der Waals surface area contributed by atoms with Crippen LogP contribution in [-0.2, 0) is 0 Å². The van der Waals surface area contributed by atoms with Gasteiger partial charge >= 0.3 is 0 Å². The SMILES string of the molecule is C=C(N[C@@H](C)c1ccc(N)cc1)C1C=C(C(C)=C(C)C)C(C)=CC1. The molecule has 1 aliphatic rings. The van der Waals surface area contributed by atoms with E-state index >= 15 is 0 Å². The van der Waals surface area contributed by atoms with Crippen LogP contribution in [0.5, 0.6) is 0 Å². The minimum Gasteiger partial charge on any atom is -0.399 e. The lowest BCUT2D eigenvalue weighted by Crippen LogP contribution is -2.23. The Kier molecular flexibility index (Phi) is 5.71. The average molecular weight is 322 g/mol. The summed E-state index contributed by atoms with van der Waals surface area (Å²) in [5.41, 5.74) is 14.3. The maximum Gasteiger partial charge on any atom is 0.0482 e. The van der Waals surface area contributed by atoms with Crippen molar-refractivity contribution < 1.29 is 0 Å². The molecule has 2 heteroatoms. The lowest BCUT2D eigenvalue weighted by Gasteiger charge is -2.26. The fourth-order valence-electron chi connectivity index (χ4n) is 3.00. The van der Waals surface area contributed by atoms with Crippen LogP contribution in [0.3, 0.4) is 0 Å². The molecule has 3 N–H and O–H groups in total. The Morgan fingerprint density at radius 2 is 1.83 bits per heavy atom. The van der Waals surface area contributed by atoms with Gasteiger partial charge in [0.15, 0.2) is 0 Å². The third-order valence-electron chi connectivity index (χ3n) is 4.91. The smallest absolute Gasteiger partial charge is 0.0482 e. The first-order chi connectivity index (χ1) is 11.3. The fraction of sp³-hybridized carbons (Fsp3) is 0.364. The second-order valence-electron chi connectivity index (χ2n) is 6.99. The van der Waals surface area contributed by atoms with Crippen LogP contribution >= 0.6 is 0 Å². The number of allylic oxidation sites excluding steroid dienone is 6. The molecule has 0 aromatic heterocycles. The number of nitrogens with one attached hydrogen (secondary N) is 1. The average Bonchev–Trinajstić information content (AvgIpc) is 2.54. The first-order valence-electron chi connectivity index (χ1n) is 8.63. The Morgan fingerprint density at radius 1 is 1.21 bits per heavy atom.